The van der Waals surface area contributed by atoms with Crippen LogP contribution in [-0.4, -0.2) is 32.8 Å². The lowest BCUT2D eigenvalue weighted by atomic mass is 10.1. The van der Waals surface area contributed by atoms with Crippen LogP contribution in [0.4, 0.5) is 5.69 Å². The van der Waals surface area contributed by atoms with E-state index in [1.165, 1.54) is 17.0 Å². The van der Waals surface area contributed by atoms with Gasteiger partial charge in [-0.1, -0.05) is 12.1 Å². The second kappa shape index (κ2) is 5.58. The summed E-state index contributed by atoms with van der Waals surface area (Å²) in [5, 5.41) is 19.9. The topological polar surface area (TPSA) is 101 Å². The second-order valence-electron chi connectivity index (χ2n) is 4.42. The summed E-state index contributed by atoms with van der Waals surface area (Å²) < 4.78 is 0.272. The lowest BCUT2D eigenvalue weighted by Gasteiger charge is -2.22. The first kappa shape index (κ1) is 14.4. The van der Waals surface area contributed by atoms with Gasteiger partial charge in [0.15, 0.2) is 0 Å². The van der Waals surface area contributed by atoms with E-state index in [-0.39, 0.29) is 35.5 Å². The number of aliphatic carboxylic acids is 1. The number of carbonyl (C=O) groups excluding carboxylic acids is 1. The number of nitrogens with zero attached hydrogens (tertiary/aromatic N) is 2. The fraction of sp³-hybridized carbons (Fsp3) is 0.333. The number of nitro groups is 1. The molecule has 8 heteroatoms. The molecule has 1 fully saturated rings. The molecule has 1 atom stereocenters. The quantitative estimate of drug-likeness (QED) is 0.665. The largest absolute Gasteiger partial charge is 0.480 e. The van der Waals surface area contributed by atoms with Crippen LogP contribution in [0.2, 0.25) is 0 Å². The monoisotopic (exact) mass is 342 g/mol. The second-order valence-corrected chi connectivity index (χ2v) is 5.21. The van der Waals surface area contributed by atoms with Gasteiger partial charge in [0.05, 0.1) is 4.92 Å². The molecular weight excluding hydrogens is 332 g/mol. The Morgan fingerprint density at radius 1 is 1.55 bits per heavy atom. The first-order chi connectivity index (χ1) is 9.41. The Bertz CT molecular complexity index is 589. The molecule has 0 bridgehead atoms. The van der Waals surface area contributed by atoms with E-state index in [9.17, 15) is 19.7 Å². The summed E-state index contributed by atoms with van der Waals surface area (Å²) in [5.41, 5.74) is 0.404. The maximum atomic E-state index is 11.7. The highest BCUT2D eigenvalue weighted by Crippen LogP contribution is 2.31. The van der Waals surface area contributed by atoms with E-state index in [1.807, 2.05) is 0 Å². The molecule has 1 aromatic rings. The number of benzene rings is 1. The van der Waals surface area contributed by atoms with Crippen molar-refractivity contribution in [2.24, 2.45) is 0 Å². The van der Waals surface area contributed by atoms with Crippen molar-refractivity contribution in [1.82, 2.24) is 4.90 Å². The summed E-state index contributed by atoms with van der Waals surface area (Å²) in [6, 6.07) is 3.61. The Kier molecular flexibility index (Phi) is 4.03. The van der Waals surface area contributed by atoms with Gasteiger partial charge < -0.3 is 10.0 Å². The Hall–Kier alpha value is -1.96. The molecule has 7 nitrogen and oxygen atoms in total. The van der Waals surface area contributed by atoms with Gasteiger partial charge in [-0.15, -0.1) is 0 Å². The molecule has 106 valence electrons. The summed E-state index contributed by atoms with van der Waals surface area (Å²) >= 11 is 3.14. The van der Waals surface area contributed by atoms with E-state index in [2.05, 4.69) is 15.9 Å². The van der Waals surface area contributed by atoms with Crippen LogP contribution in [0.3, 0.4) is 0 Å². The molecule has 1 aliphatic heterocycles. The van der Waals surface area contributed by atoms with Gasteiger partial charge in [-0.3, -0.25) is 14.9 Å². The third-order valence-corrected chi connectivity index (χ3v) is 4.12. The Balaban J connectivity index is 2.30. The van der Waals surface area contributed by atoms with Gasteiger partial charge in [0.25, 0.3) is 5.69 Å². The van der Waals surface area contributed by atoms with E-state index in [4.69, 9.17) is 5.11 Å². The highest BCUT2D eigenvalue weighted by molar-refractivity contribution is 9.10. The van der Waals surface area contributed by atoms with Gasteiger partial charge in [0, 0.05) is 19.0 Å². The average molecular weight is 343 g/mol. The molecule has 20 heavy (non-hydrogen) atoms. The number of rotatable bonds is 4. The first-order valence-electron chi connectivity index (χ1n) is 5.86. The predicted molar refractivity (Wildman–Crippen MR) is 72.0 cm³/mol. The summed E-state index contributed by atoms with van der Waals surface area (Å²) in [7, 11) is 0. The molecule has 1 aromatic carbocycles. The molecule has 1 saturated heterocycles. The molecule has 0 aliphatic carbocycles. The van der Waals surface area contributed by atoms with Crippen LogP contribution in [0, 0.1) is 10.1 Å². The summed E-state index contributed by atoms with van der Waals surface area (Å²) in [6.07, 6.45) is 0.449. The zero-order chi connectivity index (χ0) is 14.9. The number of hydrogen-bond donors (Lipinski definition) is 1. The predicted octanol–water partition coefficient (Wildman–Crippen LogP) is 1.93. The minimum Gasteiger partial charge on any atom is -0.480 e. The third kappa shape index (κ3) is 2.64. The Morgan fingerprint density at radius 3 is 2.85 bits per heavy atom. The number of carboxylic acids is 1. The molecule has 1 unspecified atom stereocenters. The number of hydrogen-bond acceptors (Lipinski definition) is 4. The van der Waals surface area contributed by atoms with Crippen LogP contribution in [0.5, 0.6) is 0 Å². The van der Waals surface area contributed by atoms with Crippen molar-refractivity contribution in [2.75, 3.05) is 0 Å². The highest BCUT2D eigenvalue weighted by Gasteiger charge is 2.36. The number of amides is 1. The fourth-order valence-corrected chi connectivity index (χ4v) is 2.74. The van der Waals surface area contributed by atoms with E-state index in [0.717, 1.165) is 0 Å². The van der Waals surface area contributed by atoms with Gasteiger partial charge in [-0.25, -0.2) is 4.79 Å². The van der Waals surface area contributed by atoms with Crippen molar-refractivity contribution >= 4 is 33.5 Å². The highest BCUT2D eigenvalue weighted by atomic mass is 79.9. The SMILES string of the molecule is O=C(O)C1CCC(=O)N1Cc1cccc([N+](=O)[O-])c1Br. The Morgan fingerprint density at radius 2 is 2.25 bits per heavy atom. The number of likely N-dealkylation sites (tertiary alicyclic amines) is 1. The lowest BCUT2D eigenvalue weighted by Crippen LogP contribution is -2.38. The normalized spacial score (nSPS) is 18.4. The molecule has 0 radical (unpaired) electrons. The van der Waals surface area contributed by atoms with E-state index in [0.29, 0.717) is 5.56 Å². The van der Waals surface area contributed by atoms with Crippen molar-refractivity contribution in [3.63, 3.8) is 0 Å². The zero-order valence-electron chi connectivity index (χ0n) is 10.3. The number of carbonyl (C=O) groups is 2. The van der Waals surface area contributed by atoms with Gasteiger partial charge >= 0.3 is 5.97 Å². The molecule has 0 aromatic heterocycles. The maximum Gasteiger partial charge on any atom is 0.326 e. The minimum absolute atomic E-state index is 0.0397. The molecule has 1 N–H and O–H groups in total. The number of nitro benzene ring substituents is 1. The molecular formula is C12H11BrN2O5. The molecule has 0 spiro atoms. The minimum atomic E-state index is -1.06. The fourth-order valence-electron chi connectivity index (χ4n) is 2.20. The summed E-state index contributed by atoms with van der Waals surface area (Å²) in [6.45, 7) is 0.0397. The van der Waals surface area contributed by atoms with Crippen LogP contribution in [-0.2, 0) is 16.1 Å². The van der Waals surface area contributed by atoms with Gasteiger partial charge in [0.2, 0.25) is 5.91 Å². The van der Waals surface area contributed by atoms with Crippen LogP contribution in [0.25, 0.3) is 0 Å². The molecule has 1 heterocycles. The van der Waals surface area contributed by atoms with Gasteiger partial charge in [-0.05, 0) is 27.9 Å². The smallest absolute Gasteiger partial charge is 0.326 e. The number of carboxylic acid groups (broad SMARTS) is 1. The Labute approximate surface area is 122 Å². The van der Waals surface area contributed by atoms with Crippen LogP contribution in [0.15, 0.2) is 22.7 Å². The van der Waals surface area contributed by atoms with Crippen molar-refractivity contribution in [3.8, 4) is 0 Å². The van der Waals surface area contributed by atoms with E-state index < -0.39 is 16.9 Å². The van der Waals surface area contributed by atoms with Gasteiger partial charge in [0.1, 0.15) is 10.5 Å². The third-order valence-electron chi connectivity index (χ3n) is 3.21. The van der Waals surface area contributed by atoms with Crippen LogP contribution < -0.4 is 0 Å². The molecule has 0 saturated carbocycles. The molecule has 2 rings (SSSR count). The summed E-state index contributed by atoms with van der Waals surface area (Å²) in [4.78, 5) is 34.4. The zero-order valence-corrected chi connectivity index (χ0v) is 11.9. The van der Waals surface area contributed by atoms with E-state index >= 15 is 0 Å². The molecule has 1 aliphatic rings. The summed E-state index contributed by atoms with van der Waals surface area (Å²) in [5.74, 6) is -1.31. The standard InChI is InChI=1S/C12H11BrN2O5/c13-11-7(2-1-3-8(11)15(19)20)6-14-9(12(17)18)4-5-10(14)16/h1-3,9H,4-6H2,(H,17,18). The number of halogens is 1. The van der Waals surface area contributed by atoms with Crippen molar-refractivity contribution in [3.05, 3.63) is 38.3 Å². The van der Waals surface area contributed by atoms with Crippen molar-refractivity contribution in [2.45, 2.75) is 25.4 Å². The van der Waals surface area contributed by atoms with Crippen molar-refractivity contribution < 1.29 is 19.6 Å². The average Bonchev–Trinajstić information content (AvgIpc) is 2.73. The first-order valence-corrected chi connectivity index (χ1v) is 6.65. The molecule has 1 amide bonds. The van der Waals surface area contributed by atoms with Crippen molar-refractivity contribution in [1.29, 1.82) is 0 Å². The van der Waals surface area contributed by atoms with Crippen LogP contribution >= 0.6 is 15.9 Å². The maximum absolute atomic E-state index is 11.7. The van der Waals surface area contributed by atoms with Crippen LogP contribution in [0.1, 0.15) is 18.4 Å². The van der Waals surface area contributed by atoms with Gasteiger partial charge in [-0.2, -0.15) is 0 Å². The van der Waals surface area contributed by atoms with E-state index in [1.54, 1.807) is 6.07 Å². The lowest BCUT2D eigenvalue weighted by molar-refractivity contribution is -0.385.